The molecule has 1 N–H and O–H groups in total. The van der Waals surface area contributed by atoms with E-state index in [2.05, 4.69) is 4.65 Å². The second-order valence-electron chi connectivity index (χ2n) is 6.68. The number of fused-ring (bicyclic) bond motifs is 2. The first-order valence-electron chi connectivity index (χ1n) is 8.70. The minimum atomic E-state index is -3.15. The Hall–Kier alpha value is -3.48. The van der Waals surface area contributed by atoms with Gasteiger partial charge in [-0.1, -0.05) is 12.1 Å². The molecule has 0 aliphatic heterocycles. The zero-order valence-electron chi connectivity index (χ0n) is 15.5. The molecular formula is C20H5BF10O2. The Morgan fingerprint density at radius 3 is 1.76 bits per heavy atom. The molecule has 4 aromatic rings. The van der Waals surface area contributed by atoms with Crippen LogP contribution in [0.3, 0.4) is 0 Å². The Kier molecular flexibility index (Phi) is 5.39. The molecule has 0 bridgehead atoms. The van der Waals surface area contributed by atoms with Crippen LogP contribution in [-0.2, 0) is 0 Å². The van der Waals surface area contributed by atoms with E-state index in [4.69, 9.17) is 0 Å². The van der Waals surface area contributed by atoms with E-state index in [1.54, 1.807) is 0 Å². The smallest absolute Gasteiger partial charge is 0.530 e. The van der Waals surface area contributed by atoms with E-state index in [1.165, 1.54) is 0 Å². The van der Waals surface area contributed by atoms with Crippen molar-refractivity contribution in [3.63, 3.8) is 0 Å². The summed E-state index contributed by atoms with van der Waals surface area (Å²) in [7, 11) is -3.15. The molecule has 0 spiro atoms. The van der Waals surface area contributed by atoms with Crippen LogP contribution >= 0.6 is 0 Å². The summed E-state index contributed by atoms with van der Waals surface area (Å²) >= 11 is 0. The maximum atomic E-state index is 14.9. The molecule has 0 fully saturated rings. The van der Waals surface area contributed by atoms with E-state index in [9.17, 15) is 48.9 Å². The summed E-state index contributed by atoms with van der Waals surface area (Å²) in [4.78, 5) is 0. The zero-order valence-corrected chi connectivity index (χ0v) is 15.5. The summed E-state index contributed by atoms with van der Waals surface area (Å²) < 4.78 is 144. The lowest BCUT2D eigenvalue weighted by atomic mass is 9.78. The maximum Gasteiger partial charge on any atom is 0.566 e. The van der Waals surface area contributed by atoms with Gasteiger partial charge in [-0.3, -0.25) is 0 Å². The van der Waals surface area contributed by atoms with Crippen molar-refractivity contribution >= 4 is 34.1 Å². The molecule has 0 amide bonds. The van der Waals surface area contributed by atoms with Crippen LogP contribution in [0.1, 0.15) is 0 Å². The molecule has 2 nitrogen and oxygen atoms in total. The summed E-state index contributed by atoms with van der Waals surface area (Å²) in [6.07, 6.45) is 0. The van der Waals surface area contributed by atoms with Gasteiger partial charge in [-0.05, 0) is 17.5 Å². The Bertz CT molecular complexity index is 1440. The fourth-order valence-corrected chi connectivity index (χ4v) is 3.31. The van der Waals surface area contributed by atoms with Gasteiger partial charge in [-0.2, -0.15) is 4.39 Å². The number of halogens is 10. The molecule has 0 aliphatic carbocycles. The van der Waals surface area contributed by atoms with E-state index in [-0.39, 0.29) is 5.39 Å². The second kappa shape index (κ2) is 7.83. The topological polar surface area (TPSA) is 29.5 Å². The predicted molar refractivity (Wildman–Crippen MR) is 95.7 cm³/mol. The van der Waals surface area contributed by atoms with Gasteiger partial charge in [-0.15, -0.1) is 0 Å². The Morgan fingerprint density at radius 1 is 0.606 bits per heavy atom. The predicted octanol–water partition coefficient (Wildman–Crippen LogP) is 5.15. The third kappa shape index (κ3) is 3.25. The highest BCUT2D eigenvalue weighted by atomic mass is 19.2. The number of hydrogen-bond donors (Lipinski definition) is 1. The van der Waals surface area contributed by atoms with Gasteiger partial charge in [0.2, 0.25) is 5.82 Å². The molecule has 0 atom stereocenters. The van der Waals surface area contributed by atoms with E-state index < -0.39 is 92.7 Å². The van der Waals surface area contributed by atoms with Gasteiger partial charge in [0.05, 0.1) is 16.2 Å². The van der Waals surface area contributed by atoms with Crippen molar-refractivity contribution in [3.05, 3.63) is 82.4 Å². The van der Waals surface area contributed by atoms with Crippen molar-refractivity contribution < 1.29 is 53.6 Å². The van der Waals surface area contributed by atoms with Crippen LogP contribution in [0.4, 0.5) is 43.9 Å². The summed E-state index contributed by atoms with van der Waals surface area (Å²) in [5.74, 6) is -23.8. The molecule has 0 saturated carbocycles. The number of benzene rings is 4. The van der Waals surface area contributed by atoms with E-state index in [0.29, 0.717) is 6.07 Å². The summed E-state index contributed by atoms with van der Waals surface area (Å²) in [5, 5.41) is 6.49. The lowest BCUT2D eigenvalue weighted by Gasteiger charge is -2.17. The van der Waals surface area contributed by atoms with Crippen LogP contribution < -0.4 is 10.1 Å². The van der Waals surface area contributed by atoms with Gasteiger partial charge in [0.15, 0.2) is 40.7 Å². The van der Waals surface area contributed by atoms with Crippen molar-refractivity contribution in [3.8, 4) is 5.75 Å². The molecule has 4 rings (SSSR count). The number of hydrogen-bond acceptors (Lipinski definition) is 2. The molecule has 0 heterocycles. The number of rotatable bonds is 3. The van der Waals surface area contributed by atoms with Crippen LogP contribution in [0.5, 0.6) is 5.75 Å². The average molecular weight is 478 g/mol. The van der Waals surface area contributed by atoms with Crippen LogP contribution in [0.2, 0.25) is 0 Å². The highest BCUT2D eigenvalue weighted by molar-refractivity contribution is 6.61. The van der Waals surface area contributed by atoms with Crippen LogP contribution in [0, 0.1) is 58.2 Å². The molecule has 0 saturated heterocycles. The van der Waals surface area contributed by atoms with Gasteiger partial charge >= 0.3 is 7.12 Å². The monoisotopic (exact) mass is 478 g/mol. The SMILES string of the molecule is OB(Oc1c(F)c(F)c(F)c2c(F)c3c(F)cccc3cc12)c1c(F)c(F)c(F)c(F)c1F. The molecule has 0 aromatic heterocycles. The van der Waals surface area contributed by atoms with Gasteiger partial charge < -0.3 is 9.68 Å². The van der Waals surface area contributed by atoms with Crippen molar-refractivity contribution in [2.24, 2.45) is 0 Å². The van der Waals surface area contributed by atoms with E-state index in [0.717, 1.165) is 18.2 Å². The molecule has 33 heavy (non-hydrogen) atoms. The van der Waals surface area contributed by atoms with Crippen molar-refractivity contribution in [1.29, 1.82) is 0 Å². The lowest BCUT2D eigenvalue weighted by Crippen LogP contribution is -2.43. The van der Waals surface area contributed by atoms with Gasteiger partial charge in [0.1, 0.15) is 17.4 Å². The van der Waals surface area contributed by atoms with Gasteiger partial charge in [-0.25, -0.2) is 39.5 Å². The molecule has 13 heteroatoms. The van der Waals surface area contributed by atoms with Crippen LogP contribution in [-0.4, -0.2) is 12.1 Å². The second-order valence-corrected chi connectivity index (χ2v) is 6.68. The highest BCUT2D eigenvalue weighted by Crippen LogP contribution is 2.39. The normalized spacial score (nSPS) is 11.5. The standard InChI is InChI=1S/C20H5BF10O2/c22-7-3-1-2-5-4-6-9(11(23)8(5)7)12(24)15(27)19(31)20(6)33-21(32)10-13(25)16(28)18(30)17(29)14(10)26/h1-4,32H. The van der Waals surface area contributed by atoms with Gasteiger partial charge in [0, 0.05) is 5.39 Å². The quantitative estimate of drug-likeness (QED) is 0.145. The highest BCUT2D eigenvalue weighted by Gasteiger charge is 2.37. The average Bonchev–Trinajstić information content (AvgIpc) is 2.77. The molecule has 0 aliphatic rings. The third-order valence-corrected chi connectivity index (χ3v) is 4.82. The van der Waals surface area contributed by atoms with E-state index in [1.807, 2.05) is 0 Å². The molecule has 4 aromatic carbocycles. The Labute approximate surface area is 176 Å². The van der Waals surface area contributed by atoms with Crippen LogP contribution in [0.25, 0.3) is 21.5 Å². The largest absolute Gasteiger partial charge is 0.566 e. The van der Waals surface area contributed by atoms with Crippen molar-refractivity contribution in [2.75, 3.05) is 0 Å². The minimum absolute atomic E-state index is 0.319. The first-order valence-corrected chi connectivity index (χ1v) is 8.70. The fraction of sp³-hybridized carbons (Fsp3) is 0. The fourth-order valence-electron chi connectivity index (χ4n) is 3.31. The molecule has 0 unspecified atom stereocenters. The summed E-state index contributed by atoms with van der Waals surface area (Å²) in [6, 6.07) is 3.68. The van der Waals surface area contributed by atoms with Crippen molar-refractivity contribution in [2.45, 2.75) is 0 Å². The Balaban J connectivity index is 2.00. The molecule has 0 radical (unpaired) electrons. The maximum absolute atomic E-state index is 14.9. The first kappa shape index (κ1) is 22.7. The lowest BCUT2D eigenvalue weighted by molar-refractivity contribution is 0.368. The molecule has 170 valence electrons. The summed E-state index contributed by atoms with van der Waals surface area (Å²) in [5.41, 5.74) is -1.98. The van der Waals surface area contributed by atoms with Crippen LogP contribution in [0.15, 0.2) is 24.3 Å². The van der Waals surface area contributed by atoms with E-state index >= 15 is 0 Å². The minimum Gasteiger partial charge on any atom is -0.530 e. The molecular weight excluding hydrogens is 473 g/mol. The van der Waals surface area contributed by atoms with Crippen molar-refractivity contribution in [1.82, 2.24) is 0 Å². The van der Waals surface area contributed by atoms with Gasteiger partial charge in [0.25, 0.3) is 0 Å². The summed E-state index contributed by atoms with van der Waals surface area (Å²) in [6.45, 7) is 0. The Morgan fingerprint density at radius 2 is 1.15 bits per heavy atom. The zero-order chi connectivity index (χ0) is 24.4. The third-order valence-electron chi connectivity index (χ3n) is 4.82. The first-order chi connectivity index (χ1) is 15.5.